The van der Waals surface area contributed by atoms with Crippen LogP contribution in [0.15, 0.2) is 18.2 Å². The summed E-state index contributed by atoms with van der Waals surface area (Å²) >= 11 is 0. The Morgan fingerprint density at radius 3 is 2.47 bits per heavy atom. The number of nitrogens with one attached hydrogen (secondary N) is 1. The normalized spacial score (nSPS) is 41.4. The van der Waals surface area contributed by atoms with Crippen LogP contribution < -0.4 is 11.1 Å². The first kappa shape index (κ1) is 9.75. The molecule has 0 aromatic heterocycles. The monoisotopic (exact) mass is 232 g/mol. The Kier molecular flexibility index (Phi) is 1.81. The predicted octanol–water partition coefficient (Wildman–Crippen LogP) is 2.86. The quantitative estimate of drug-likeness (QED) is 0.769. The van der Waals surface area contributed by atoms with Crippen LogP contribution in [0.1, 0.15) is 19.3 Å². The van der Waals surface area contributed by atoms with Gasteiger partial charge in [0.15, 0.2) is 0 Å². The SMILES string of the molecule is Nc1cc(F)cc(NC2C3C4CCC(C4)C23)c1. The van der Waals surface area contributed by atoms with Crippen LogP contribution in [-0.4, -0.2) is 6.04 Å². The van der Waals surface area contributed by atoms with Crippen molar-refractivity contribution in [2.75, 3.05) is 11.1 Å². The molecule has 0 spiro atoms. The maximum Gasteiger partial charge on any atom is 0.127 e. The predicted molar refractivity (Wildman–Crippen MR) is 66.0 cm³/mol. The second-order valence-corrected chi connectivity index (χ2v) is 5.93. The topological polar surface area (TPSA) is 38.0 Å². The van der Waals surface area contributed by atoms with E-state index in [1.807, 2.05) is 6.07 Å². The number of anilines is 2. The minimum absolute atomic E-state index is 0.249. The molecule has 2 nitrogen and oxygen atoms in total. The summed E-state index contributed by atoms with van der Waals surface area (Å²) < 4.78 is 13.2. The van der Waals surface area contributed by atoms with Gasteiger partial charge in [-0.05, 0) is 61.1 Å². The third-order valence-electron chi connectivity index (χ3n) is 4.99. The molecule has 17 heavy (non-hydrogen) atoms. The molecule has 3 heteroatoms. The van der Waals surface area contributed by atoms with Gasteiger partial charge in [0.2, 0.25) is 0 Å². The number of nitrogen functional groups attached to an aromatic ring is 1. The average Bonchev–Trinajstić information content (AvgIpc) is 2.69. The van der Waals surface area contributed by atoms with Gasteiger partial charge >= 0.3 is 0 Å². The minimum atomic E-state index is -0.249. The van der Waals surface area contributed by atoms with Crippen molar-refractivity contribution < 1.29 is 4.39 Å². The molecule has 1 aromatic rings. The zero-order valence-electron chi connectivity index (χ0n) is 9.70. The Labute approximate surface area is 100 Å². The smallest absolute Gasteiger partial charge is 0.127 e. The summed E-state index contributed by atoms with van der Waals surface area (Å²) in [6.45, 7) is 0. The van der Waals surface area contributed by atoms with Gasteiger partial charge in [-0.15, -0.1) is 0 Å². The molecule has 0 aliphatic heterocycles. The summed E-state index contributed by atoms with van der Waals surface area (Å²) in [5.74, 6) is 3.35. The van der Waals surface area contributed by atoms with Gasteiger partial charge in [-0.2, -0.15) is 0 Å². The Morgan fingerprint density at radius 1 is 1.12 bits per heavy atom. The van der Waals surface area contributed by atoms with Crippen LogP contribution in [0.25, 0.3) is 0 Å². The van der Waals surface area contributed by atoms with E-state index in [0.717, 1.165) is 29.4 Å². The lowest BCUT2D eigenvalue weighted by Gasteiger charge is -2.12. The first-order valence-electron chi connectivity index (χ1n) is 6.55. The van der Waals surface area contributed by atoms with Crippen molar-refractivity contribution in [2.24, 2.45) is 23.7 Å². The van der Waals surface area contributed by atoms with Crippen LogP contribution in [0, 0.1) is 29.5 Å². The van der Waals surface area contributed by atoms with Crippen molar-refractivity contribution in [3.63, 3.8) is 0 Å². The molecule has 3 N–H and O–H groups in total. The van der Waals surface area contributed by atoms with Gasteiger partial charge in [-0.1, -0.05) is 0 Å². The molecule has 4 rings (SSSR count). The van der Waals surface area contributed by atoms with E-state index in [1.54, 1.807) is 6.07 Å². The molecule has 4 atom stereocenters. The average molecular weight is 232 g/mol. The van der Waals surface area contributed by atoms with E-state index >= 15 is 0 Å². The Balaban J connectivity index is 1.52. The van der Waals surface area contributed by atoms with Crippen LogP contribution in [0.4, 0.5) is 15.8 Å². The lowest BCUT2D eigenvalue weighted by molar-refractivity contribution is 0.456. The maximum atomic E-state index is 13.2. The summed E-state index contributed by atoms with van der Waals surface area (Å²) in [6, 6.07) is 5.33. The number of hydrogen-bond acceptors (Lipinski definition) is 2. The molecule has 0 heterocycles. The molecule has 0 amide bonds. The lowest BCUT2D eigenvalue weighted by Crippen LogP contribution is -2.13. The van der Waals surface area contributed by atoms with Crippen molar-refractivity contribution in [1.82, 2.24) is 0 Å². The van der Waals surface area contributed by atoms with Crippen LogP contribution in [0.2, 0.25) is 0 Å². The highest BCUT2D eigenvalue weighted by molar-refractivity contribution is 5.56. The summed E-state index contributed by atoms with van der Waals surface area (Å²) in [5, 5.41) is 3.48. The van der Waals surface area contributed by atoms with E-state index in [0.29, 0.717) is 11.7 Å². The standard InChI is InChI=1S/C14H17FN2/c15-9-4-10(16)6-11(5-9)17-14-12-7-1-2-8(3-7)13(12)14/h4-8,12-14,17H,1-3,16H2. The third-order valence-corrected chi connectivity index (χ3v) is 4.99. The Bertz CT molecular complexity index is 437. The molecular formula is C14H17FN2. The molecule has 90 valence electrons. The molecule has 1 aromatic carbocycles. The van der Waals surface area contributed by atoms with Crippen molar-refractivity contribution in [3.8, 4) is 0 Å². The molecule has 3 fully saturated rings. The van der Waals surface area contributed by atoms with E-state index in [1.165, 1.54) is 25.3 Å². The van der Waals surface area contributed by atoms with E-state index in [2.05, 4.69) is 5.32 Å². The molecule has 0 saturated heterocycles. The van der Waals surface area contributed by atoms with E-state index in [4.69, 9.17) is 5.73 Å². The zero-order valence-corrected chi connectivity index (χ0v) is 9.70. The van der Waals surface area contributed by atoms with Gasteiger partial charge in [0.05, 0.1) is 0 Å². The van der Waals surface area contributed by atoms with E-state index in [9.17, 15) is 4.39 Å². The minimum Gasteiger partial charge on any atom is -0.399 e. The zero-order chi connectivity index (χ0) is 11.6. The number of fused-ring (bicyclic) bond motifs is 5. The van der Waals surface area contributed by atoms with Gasteiger partial charge in [-0.3, -0.25) is 0 Å². The van der Waals surface area contributed by atoms with Gasteiger partial charge < -0.3 is 11.1 Å². The van der Waals surface area contributed by atoms with Gasteiger partial charge in [0, 0.05) is 17.4 Å². The summed E-state index contributed by atoms with van der Waals surface area (Å²) in [6.07, 6.45) is 4.27. The Morgan fingerprint density at radius 2 is 1.82 bits per heavy atom. The fraction of sp³-hybridized carbons (Fsp3) is 0.571. The van der Waals surface area contributed by atoms with Crippen molar-refractivity contribution in [3.05, 3.63) is 24.0 Å². The second-order valence-electron chi connectivity index (χ2n) is 5.93. The lowest BCUT2D eigenvalue weighted by atomic mass is 10.0. The second kappa shape index (κ2) is 3.15. The van der Waals surface area contributed by atoms with Crippen LogP contribution in [-0.2, 0) is 0 Å². The number of hydrogen-bond donors (Lipinski definition) is 2. The van der Waals surface area contributed by atoms with Gasteiger partial charge in [0.1, 0.15) is 5.82 Å². The number of nitrogens with two attached hydrogens (primary N) is 1. The van der Waals surface area contributed by atoms with Gasteiger partial charge in [0.25, 0.3) is 0 Å². The summed E-state index contributed by atoms with van der Waals surface area (Å²) in [4.78, 5) is 0. The highest BCUT2D eigenvalue weighted by atomic mass is 19.1. The van der Waals surface area contributed by atoms with Crippen LogP contribution in [0.3, 0.4) is 0 Å². The highest BCUT2D eigenvalue weighted by Crippen LogP contribution is 2.66. The van der Waals surface area contributed by atoms with Crippen LogP contribution >= 0.6 is 0 Å². The molecule has 2 bridgehead atoms. The van der Waals surface area contributed by atoms with Crippen molar-refractivity contribution in [1.29, 1.82) is 0 Å². The summed E-state index contributed by atoms with van der Waals surface area (Å²) in [5.41, 5.74) is 7.01. The summed E-state index contributed by atoms with van der Waals surface area (Å²) in [7, 11) is 0. The highest BCUT2D eigenvalue weighted by Gasteiger charge is 2.64. The van der Waals surface area contributed by atoms with E-state index < -0.39 is 0 Å². The van der Waals surface area contributed by atoms with Gasteiger partial charge in [-0.25, -0.2) is 4.39 Å². The molecule has 3 aliphatic carbocycles. The molecule has 3 aliphatic rings. The first-order valence-corrected chi connectivity index (χ1v) is 6.55. The molecule has 0 radical (unpaired) electrons. The first-order chi connectivity index (χ1) is 8.22. The number of halogens is 1. The van der Waals surface area contributed by atoms with Crippen molar-refractivity contribution in [2.45, 2.75) is 25.3 Å². The largest absolute Gasteiger partial charge is 0.399 e. The van der Waals surface area contributed by atoms with Crippen molar-refractivity contribution >= 4 is 11.4 Å². The fourth-order valence-electron chi connectivity index (χ4n) is 4.41. The molecular weight excluding hydrogens is 215 g/mol. The molecule has 4 unspecified atom stereocenters. The maximum absolute atomic E-state index is 13.2. The Hall–Kier alpha value is -1.25. The van der Waals surface area contributed by atoms with Crippen LogP contribution in [0.5, 0.6) is 0 Å². The fourth-order valence-corrected chi connectivity index (χ4v) is 4.41. The molecule has 3 saturated carbocycles. The number of rotatable bonds is 2. The number of benzene rings is 1. The third kappa shape index (κ3) is 1.38. The van der Waals surface area contributed by atoms with E-state index in [-0.39, 0.29) is 5.82 Å².